The molecule has 0 amide bonds. The van der Waals surface area contributed by atoms with Crippen molar-refractivity contribution in [3.63, 3.8) is 0 Å². The lowest BCUT2D eigenvalue weighted by Gasteiger charge is -2.28. The normalized spacial score (nSPS) is 23.7. The standard InChI is InChI=1S/C26H30N6O2/c1-13-14(2)34-25(33)17-8-9-21(32-23(13)17)31-22-10-18-19(11-28-22)24(30-16-6-7-16)29-12-20(18)26(3,27)15-4-5-15/h8-16H,4-7,27H2,1-3H3,(H,29,30)(H,28,31,32)/t13-,14-,26?/m0/s1. The molecule has 3 aromatic rings. The van der Waals surface area contributed by atoms with E-state index < -0.39 is 5.54 Å². The molecule has 0 aromatic carbocycles. The quantitative estimate of drug-likeness (QED) is 0.460. The van der Waals surface area contributed by atoms with E-state index in [9.17, 15) is 4.79 Å². The molecule has 34 heavy (non-hydrogen) atoms. The van der Waals surface area contributed by atoms with E-state index in [0.717, 1.165) is 40.7 Å². The number of hydrogen-bond donors (Lipinski definition) is 3. The third kappa shape index (κ3) is 3.66. The second-order valence-corrected chi connectivity index (χ2v) is 10.3. The Kier molecular flexibility index (Phi) is 4.78. The lowest BCUT2D eigenvalue weighted by Crippen LogP contribution is -2.35. The van der Waals surface area contributed by atoms with Gasteiger partial charge in [-0.15, -0.1) is 0 Å². The molecule has 0 saturated heterocycles. The monoisotopic (exact) mass is 458 g/mol. The Morgan fingerprint density at radius 3 is 2.59 bits per heavy atom. The van der Waals surface area contributed by atoms with Gasteiger partial charge in [0.1, 0.15) is 23.6 Å². The third-order valence-electron chi connectivity index (χ3n) is 7.53. The molecule has 8 nitrogen and oxygen atoms in total. The van der Waals surface area contributed by atoms with Crippen LogP contribution in [0.25, 0.3) is 10.8 Å². The second kappa shape index (κ2) is 7.63. The number of aromatic nitrogens is 3. The fraction of sp³-hybridized carbons (Fsp3) is 0.462. The molecule has 3 aromatic heterocycles. The molecular formula is C26H30N6O2. The van der Waals surface area contributed by atoms with Crippen molar-refractivity contribution in [3.8, 4) is 0 Å². The number of carbonyl (C=O) groups excluding carboxylic acids is 1. The summed E-state index contributed by atoms with van der Waals surface area (Å²) in [6.45, 7) is 6.02. The summed E-state index contributed by atoms with van der Waals surface area (Å²) < 4.78 is 5.41. The zero-order chi connectivity index (χ0) is 23.6. The van der Waals surface area contributed by atoms with Crippen molar-refractivity contribution in [2.75, 3.05) is 10.6 Å². The molecule has 1 unspecified atom stereocenters. The van der Waals surface area contributed by atoms with Gasteiger partial charge in [0, 0.05) is 35.3 Å². The number of rotatable bonds is 6. The topological polar surface area (TPSA) is 115 Å². The summed E-state index contributed by atoms with van der Waals surface area (Å²) in [6, 6.07) is 6.09. The van der Waals surface area contributed by atoms with Gasteiger partial charge in [0.25, 0.3) is 0 Å². The van der Waals surface area contributed by atoms with Gasteiger partial charge < -0.3 is 21.1 Å². The Morgan fingerprint density at radius 2 is 1.85 bits per heavy atom. The molecule has 2 aliphatic carbocycles. The van der Waals surface area contributed by atoms with Crippen LogP contribution in [-0.2, 0) is 10.3 Å². The molecule has 4 heterocycles. The highest BCUT2D eigenvalue weighted by atomic mass is 16.5. The van der Waals surface area contributed by atoms with E-state index in [0.29, 0.717) is 29.2 Å². The maximum Gasteiger partial charge on any atom is 0.340 e. The molecular weight excluding hydrogens is 428 g/mol. The smallest absolute Gasteiger partial charge is 0.340 e. The number of cyclic esters (lactones) is 1. The minimum absolute atomic E-state index is 0.0178. The number of fused-ring (bicyclic) bond motifs is 2. The number of nitrogens with zero attached hydrogens (tertiary/aromatic N) is 3. The van der Waals surface area contributed by atoms with Gasteiger partial charge in [0.2, 0.25) is 0 Å². The van der Waals surface area contributed by atoms with E-state index in [4.69, 9.17) is 20.4 Å². The highest BCUT2D eigenvalue weighted by Crippen LogP contribution is 2.46. The van der Waals surface area contributed by atoms with E-state index in [1.54, 1.807) is 12.1 Å². The zero-order valence-electron chi connectivity index (χ0n) is 19.8. The minimum atomic E-state index is -0.446. The number of carbonyl (C=O) groups is 1. The Labute approximate surface area is 198 Å². The molecule has 1 aliphatic heterocycles. The van der Waals surface area contributed by atoms with Crippen LogP contribution in [0.2, 0.25) is 0 Å². The first-order valence-electron chi connectivity index (χ1n) is 12.1. The molecule has 3 aliphatic rings. The van der Waals surface area contributed by atoms with E-state index in [1.165, 1.54) is 12.8 Å². The Balaban J connectivity index is 1.39. The predicted octanol–water partition coefficient (Wildman–Crippen LogP) is 4.59. The number of hydrogen-bond acceptors (Lipinski definition) is 8. The van der Waals surface area contributed by atoms with Crippen LogP contribution in [-0.4, -0.2) is 33.1 Å². The van der Waals surface area contributed by atoms with Crippen molar-refractivity contribution >= 4 is 34.2 Å². The minimum Gasteiger partial charge on any atom is -0.458 e. The summed E-state index contributed by atoms with van der Waals surface area (Å²) >= 11 is 0. The van der Waals surface area contributed by atoms with Crippen LogP contribution in [0.3, 0.4) is 0 Å². The van der Waals surface area contributed by atoms with Crippen molar-refractivity contribution in [2.24, 2.45) is 11.7 Å². The van der Waals surface area contributed by atoms with Gasteiger partial charge in [-0.25, -0.2) is 19.7 Å². The molecule has 0 spiro atoms. The van der Waals surface area contributed by atoms with Gasteiger partial charge >= 0.3 is 5.97 Å². The molecule has 2 fully saturated rings. The van der Waals surface area contributed by atoms with Crippen LogP contribution in [0.15, 0.2) is 30.6 Å². The van der Waals surface area contributed by atoms with Crippen LogP contribution in [0.4, 0.5) is 17.5 Å². The molecule has 4 N–H and O–H groups in total. The van der Waals surface area contributed by atoms with Crippen LogP contribution >= 0.6 is 0 Å². The van der Waals surface area contributed by atoms with Crippen LogP contribution < -0.4 is 16.4 Å². The Morgan fingerprint density at radius 1 is 1.06 bits per heavy atom. The number of esters is 1. The summed E-state index contributed by atoms with van der Waals surface area (Å²) in [4.78, 5) is 26.4. The lowest BCUT2D eigenvalue weighted by molar-refractivity contribution is 0.0235. The Bertz CT molecular complexity index is 1300. The maximum absolute atomic E-state index is 12.2. The maximum atomic E-state index is 12.2. The summed E-state index contributed by atoms with van der Waals surface area (Å²) in [7, 11) is 0. The van der Waals surface area contributed by atoms with Crippen molar-refractivity contribution in [1.82, 2.24) is 15.0 Å². The average molecular weight is 459 g/mol. The van der Waals surface area contributed by atoms with Crippen LogP contribution in [0, 0.1) is 5.92 Å². The van der Waals surface area contributed by atoms with Gasteiger partial charge in [0.15, 0.2) is 0 Å². The van der Waals surface area contributed by atoms with Crippen molar-refractivity contribution in [2.45, 2.75) is 70.1 Å². The fourth-order valence-electron chi connectivity index (χ4n) is 4.82. The highest BCUT2D eigenvalue weighted by Gasteiger charge is 2.41. The zero-order valence-corrected chi connectivity index (χ0v) is 19.8. The number of pyridine rings is 3. The van der Waals surface area contributed by atoms with E-state index in [2.05, 4.69) is 22.5 Å². The van der Waals surface area contributed by atoms with Crippen molar-refractivity contribution in [3.05, 3.63) is 47.4 Å². The molecule has 3 atom stereocenters. The number of anilines is 3. The average Bonchev–Trinajstić information content (AvgIpc) is 3.71. The first kappa shape index (κ1) is 21.3. The lowest BCUT2D eigenvalue weighted by atomic mass is 9.86. The molecule has 0 radical (unpaired) electrons. The summed E-state index contributed by atoms with van der Waals surface area (Å²) in [5.41, 5.74) is 8.70. The van der Waals surface area contributed by atoms with Gasteiger partial charge in [-0.3, -0.25) is 0 Å². The first-order chi connectivity index (χ1) is 16.3. The third-order valence-corrected chi connectivity index (χ3v) is 7.53. The van der Waals surface area contributed by atoms with Gasteiger partial charge in [-0.05, 0) is 74.6 Å². The summed E-state index contributed by atoms with van der Waals surface area (Å²) in [5, 5.41) is 8.90. The molecule has 0 bridgehead atoms. The highest BCUT2D eigenvalue weighted by molar-refractivity contribution is 5.96. The summed E-state index contributed by atoms with van der Waals surface area (Å²) in [6.07, 6.45) is 8.21. The van der Waals surface area contributed by atoms with Gasteiger partial charge in [0.05, 0.1) is 11.3 Å². The molecule has 8 heteroatoms. The number of ether oxygens (including phenoxy) is 1. The van der Waals surface area contributed by atoms with Gasteiger partial charge in [-0.1, -0.05) is 6.92 Å². The van der Waals surface area contributed by atoms with E-state index in [-0.39, 0.29) is 18.0 Å². The van der Waals surface area contributed by atoms with E-state index in [1.807, 2.05) is 32.3 Å². The largest absolute Gasteiger partial charge is 0.458 e. The van der Waals surface area contributed by atoms with Gasteiger partial charge in [-0.2, -0.15) is 0 Å². The van der Waals surface area contributed by atoms with Crippen molar-refractivity contribution in [1.29, 1.82) is 0 Å². The van der Waals surface area contributed by atoms with Crippen molar-refractivity contribution < 1.29 is 9.53 Å². The number of nitrogens with one attached hydrogen (secondary N) is 2. The summed E-state index contributed by atoms with van der Waals surface area (Å²) in [5.74, 6) is 2.34. The Hall–Kier alpha value is -3.26. The van der Waals surface area contributed by atoms with Crippen LogP contribution in [0.5, 0.6) is 0 Å². The molecule has 2 saturated carbocycles. The predicted molar refractivity (Wildman–Crippen MR) is 131 cm³/mol. The van der Waals surface area contributed by atoms with E-state index >= 15 is 0 Å². The number of nitrogens with two attached hydrogens (primary N) is 1. The second-order valence-electron chi connectivity index (χ2n) is 10.3. The molecule has 176 valence electrons. The first-order valence-corrected chi connectivity index (χ1v) is 12.1. The fourth-order valence-corrected chi connectivity index (χ4v) is 4.82. The SMILES string of the molecule is C[C@@H]1OC(=O)c2ccc(Nc3cc4c(C(C)(N)C5CC5)cnc(NC5CC5)c4cn3)nc2[C@H]1C. The van der Waals surface area contributed by atoms with Crippen LogP contribution in [0.1, 0.15) is 74.0 Å². The molecule has 6 rings (SSSR count).